The fourth-order valence-electron chi connectivity index (χ4n) is 6.58. The van der Waals surface area contributed by atoms with Gasteiger partial charge >= 0.3 is 0 Å². The SMILES string of the molecule is CCCCCCCCCCCCCCCCCCCCCCCCCCC=CCCCCCC(O)CCCCCCCC. The Morgan fingerprint density at radius 1 is 0.302 bits per heavy atom. The lowest BCUT2D eigenvalue weighted by atomic mass is 10.0. The Kier molecular flexibility index (Phi) is 39.4. The molecular formula is C42H84O. The average molecular weight is 605 g/mol. The zero-order chi connectivity index (χ0) is 31.2. The molecule has 0 rings (SSSR count). The molecule has 0 aromatic carbocycles. The Labute approximate surface area is 274 Å². The minimum Gasteiger partial charge on any atom is -0.393 e. The minimum absolute atomic E-state index is 0.0506. The lowest BCUT2D eigenvalue weighted by Gasteiger charge is -2.10. The second-order valence-corrected chi connectivity index (χ2v) is 14.2. The van der Waals surface area contributed by atoms with E-state index in [1.165, 1.54) is 225 Å². The first-order chi connectivity index (χ1) is 21.3. The van der Waals surface area contributed by atoms with Gasteiger partial charge in [-0.15, -0.1) is 0 Å². The largest absolute Gasteiger partial charge is 0.393 e. The smallest absolute Gasteiger partial charge is 0.0540 e. The van der Waals surface area contributed by atoms with Crippen LogP contribution in [0.1, 0.15) is 251 Å². The Balaban J connectivity index is 3.14. The van der Waals surface area contributed by atoms with Crippen molar-refractivity contribution < 1.29 is 5.11 Å². The molecule has 43 heavy (non-hydrogen) atoms. The highest BCUT2D eigenvalue weighted by molar-refractivity contribution is 4.81. The van der Waals surface area contributed by atoms with Crippen molar-refractivity contribution >= 4 is 0 Å². The van der Waals surface area contributed by atoms with Crippen molar-refractivity contribution in [3.05, 3.63) is 12.2 Å². The van der Waals surface area contributed by atoms with Crippen LogP contribution in [0.25, 0.3) is 0 Å². The molecule has 0 radical (unpaired) electrons. The van der Waals surface area contributed by atoms with Crippen molar-refractivity contribution in [1.82, 2.24) is 0 Å². The van der Waals surface area contributed by atoms with Crippen molar-refractivity contribution in [3.8, 4) is 0 Å². The van der Waals surface area contributed by atoms with Gasteiger partial charge in [0.1, 0.15) is 0 Å². The van der Waals surface area contributed by atoms with E-state index in [0.717, 1.165) is 12.8 Å². The molecule has 0 bridgehead atoms. The average Bonchev–Trinajstić information content (AvgIpc) is 3.01. The molecule has 258 valence electrons. The molecule has 0 aromatic heterocycles. The molecule has 0 aliphatic rings. The van der Waals surface area contributed by atoms with Crippen molar-refractivity contribution in [1.29, 1.82) is 0 Å². The van der Waals surface area contributed by atoms with E-state index in [1.54, 1.807) is 0 Å². The predicted molar refractivity (Wildman–Crippen MR) is 197 cm³/mol. The van der Waals surface area contributed by atoms with Gasteiger partial charge in [-0.2, -0.15) is 0 Å². The van der Waals surface area contributed by atoms with Crippen molar-refractivity contribution in [3.63, 3.8) is 0 Å². The molecule has 0 saturated heterocycles. The van der Waals surface area contributed by atoms with E-state index in [9.17, 15) is 5.11 Å². The summed E-state index contributed by atoms with van der Waals surface area (Å²) in [6.07, 6.45) is 56.1. The topological polar surface area (TPSA) is 20.2 Å². The Morgan fingerprint density at radius 2 is 0.512 bits per heavy atom. The van der Waals surface area contributed by atoms with Crippen LogP contribution >= 0.6 is 0 Å². The van der Waals surface area contributed by atoms with Crippen LogP contribution in [0.5, 0.6) is 0 Å². The third kappa shape index (κ3) is 39.7. The molecule has 1 N–H and O–H groups in total. The third-order valence-electron chi connectivity index (χ3n) is 9.69. The summed E-state index contributed by atoms with van der Waals surface area (Å²) < 4.78 is 0. The molecule has 1 nitrogen and oxygen atoms in total. The zero-order valence-corrected chi connectivity index (χ0v) is 30.3. The molecule has 0 spiro atoms. The van der Waals surface area contributed by atoms with Gasteiger partial charge in [0.25, 0.3) is 0 Å². The third-order valence-corrected chi connectivity index (χ3v) is 9.69. The van der Waals surface area contributed by atoms with E-state index >= 15 is 0 Å². The van der Waals surface area contributed by atoms with Gasteiger partial charge in [0, 0.05) is 0 Å². The van der Waals surface area contributed by atoms with Gasteiger partial charge < -0.3 is 5.11 Å². The predicted octanol–water partition coefficient (Wildman–Crippen LogP) is 15.4. The Morgan fingerprint density at radius 3 is 0.791 bits per heavy atom. The fraction of sp³-hybridized carbons (Fsp3) is 0.952. The van der Waals surface area contributed by atoms with Crippen LogP contribution in [0.3, 0.4) is 0 Å². The maximum absolute atomic E-state index is 10.1. The number of hydrogen-bond donors (Lipinski definition) is 1. The minimum atomic E-state index is -0.0506. The molecule has 0 aliphatic heterocycles. The molecule has 0 fully saturated rings. The first kappa shape index (κ1) is 42.7. The summed E-state index contributed by atoms with van der Waals surface area (Å²) in [6, 6.07) is 0. The fourth-order valence-corrected chi connectivity index (χ4v) is 6.58. The van der Waals surface area contributed by atoms with Crippen LogP contribution in [0.4, 0.5) is 0 Å². The maximum atomic E-state index is 10.1. The summed E-state index contributed by atoms with van der Waals surface area (Å²) in [5.74, 6) is 0. The van der Waals surface area contributed by atoms with E-state index in [2.05, 4.69) is 26.0 Å². The maximum Gasteiger partial charge on any atom is 0.0540 e. The van der Waals surface area contributed by atoms with Gasteiger partial charge in [0.15, 0.2) is 0 Å². The number of allylic oxidation sites excluding steroid dienone is 2. The van der Waals surface area contributed by atoms with Crippen LogP contribution in [0, 0.1) is 0 Å². The van der Waals surface area contributed by atoms with Gasteiger partial charge in [0.2, 0.25) is 0 Å². The van der Waals surface area contributed by atoms with Crippen molar-refractivity contribution in [2.75, 3.05) is 0 Å². The highest BCUT2D eigenvalue weighted by Crippen LogP contribution is 2.17. The molecule has 0 amide bonds. The van der Waals surface area contributed by atoms with Crippen LogP contribution in [0.15, 0.2) is 12.2 Å². The number of unbranched alkanes of at least 4 members (excludes halogenated alkanes) is 32. The molecule has 1 unspecified atom stereocenters. The Hall–Kier alpha value is -0.300. The Bertz CT molecular complexity index is 497. The van der Waals surface area contributed by atoms with Gasteiger partial charge in [-0.25, -0.2) is 0 Å². The van der Waals surface area contributed by atoms with E-state index in [1.807, 2.05) is 0 Å². The summed E-state index contributed by atoms with van der Waals surface area (Å²) in [5, 5.41) is 10.1. The summed E-state index contributed by atoms with van der Waals surface area (Å²) >= 11 is 0. The van der Waals surface area contributed by atoms with Crippen LogP contribution in [0.2, 0.25) is 0 Å². The number of hydrogen-bond acceptors (Lipinski definition) is 1. The van der Waals surface area contributed by atoms with Gasteiger partial charge in [-0.3, -0.25) is 0 Å². The van der Waals surface area contributed by atoms with Crippen molar-refractivity contribution in [2.45, 2.75) is 258 Å². The summed E-state index contributed by atoms with van der Waals surface area (Å²) in [4.78, 5) is 0. The quantitative estimate of drug-likeness (QED) is 0.0549. The standard InChI is InChI=1S/C42H84O/c1-3-5-7-9-11-12-13-14-15-16-17-18-19-20-21-22-23-24-25-26-27-28-29-30-31-32-33-34-35-37-39-41-42(43)40-38-36-10-8-6-4-2/h32-33,42-43H,3-31,34-41H2,1-2H3. The van der Waals surface area contributed by atoms with Crippen LogP contribution in [-0.2, 0) is 0 Å². The second kappa shape index (κ2) is 39.7. The molecule has 0 saturated carbocycles. The number of aliphatic hydroxyl groups is 1. The van der Waals surface area contributed by atoms with E-state index < -0.39 is 0 Å². The lowest BCUT2D eigenvalue weighted by Crippen LogP contribution is -2.05. The summed E-state index contributed by atoms with van der Waals surface area (Å²) in [6.45, 7) is 4.57. The zero-order valence-electron chi connectivity index (χ0n) is 30.3. The molecule has 1 atom stereocenters. The molecule has 0 aliphatic carbocycles. The van der Waals surface area contributed by atoms with E-state index in [4.69, 9.17) is 0 Å². The number of aliphatic hydroxyl groups excluding tert-OH is 1. The van der Waals surface area contributed by atoms with Crippen LogP contribution in [-0.4, -0.2) is 11.2 Å². The normalized spacial score (nSPS) is 12.5. The lowest BCUT2D eigenvalue weighted by molar-refractivity contribution is 0.147. The van der Waals surface area contributed by atoms with Gasteiger partial charge in [-0.05, 0) is 38.5 Å². The summed E-state index contributed by atoms with van der Waals surface area (Å²) in [5.41, 5.74) is 0. The second-order valence-electron chi connectivity index (χ2n) is 14.2. The van der Waals surface area contributed by atoms with Gasteiger partial charge in [-0.1, -0.05) is 225 Å². The highest BCUT2D eigenvalue weighted by atomic mass is 16.3. The first-order valence-corrected chi connectivity index (χ1v) is 20.6. The monoisotopic (exact) mass is 605 g/mol. The molecule has 0 heterocycles. The number of rotatable bonds is 38. The van der Waals surface area contributed by atoms with Crippen molar-refractivity contribution in [2.24, 2.45) is 0 Å². The van der Waals surface area contributed by atoms with Gasteiger partial charge in [0.05, 0.1) is 6.10 Å². The molecular weight excluding hydrogens is 520 g/mol. The first-order valence-electron chi connectivity index (χ1n) is 20.6. The summed E-state index contributed by atoms with van der Waals surface area (Å²) in [7, 11) is 0. The highest BCUT2D eigenvalue weighted by Gasteiger charge is 2.03. The van der Waals surface area contributed by atoms with E-state index in [0.29, 0.717) is 0 Å². The molecule has 0 aromatic rings. The molecule has 1 heteroatoms. The van der Waals surface area contributed by atoms with E-state index in [-0.39, 0.29) is 6.10 Å². The van der Waals surface area contributed by atoms with Crippen LogP contribution < -0.4 is 0 Å².